The number of carbonyl (C=O) groups excluding carboxylic acids is 1. The highest BCUT2D eigenvalue weighted by Crippen LogP contribution is 2.13. The molecule has 1 amide bonds. The van der Waals surface area contributed by atoms with Crippen molar-refractivity contribution < 1.29 is 9.53 Å². The highest BCUT2D eigenvalue weighted by molar-refractivity contribution is 6.33. The Bertz CT molecular complexity index is 602. The van der Waals surface area contributed by atoms with Gasteiger partial charge in [0.15, 0.2) is 0 Å². The van der Waals surface area contributed by atoms with Gasteiger partial charge in [-0.15, -0.1) is 0 Å². The van der Waals surface area contributed by atoms with Gasteiger partial charge in [0.05, 0.1) is 17.2 Å². The van der Waals surface area contributed by atoms with E-state index in [1.807, 2.05) is 24.3 Å². The number of nitrogens with zero attached hydrogens (tertiary/aromatic N) is 1. The first-order chi connectivity index (χ1) is 9.70. The number of hydrogen-bond donors (Lipinski definition) is 1. The molecule has 0 aliphatic carbocycles. The van der Waals surface area contributed by atoms with Gasteiger partial charge in [-0.2, -0.15) is 0 Å². The quantitative estimate of drug-likeness (QED) is 0.921. The Balaban J connectivity index is 2.00. The zero-order valence-corrected chi connectivity index (χ0v) is 11.9. The van der Waals surface area contributed by atoms with Crippen LogP contribution in [0.1, 0.15) is 21.5 Å². The van der Waals surface area contributed by atoms with Crippen LogP contribution in [0.3, 0.4) is 0 Å². The summed E-state index contributed by atoms with van der Waals surface area (Å²) in [6.45, 7) is 0.993. The van der Waals surface area contributed by atoms with Gasteiger partial charge in [-0.25, -0.2) is 0 Å². The molecule has 0 spiro atoms. The number of pyridine rings is 1. The second kappa shape index (κ2) is 7.03. The number of carbonyl (C=O) groups is 1. The van der Waals surface area contributed by atoms with Crippen LogP contribution >= 0.6 is 11.6 Å². The Kier molecular flexibility index (Phi) is 5.09. The molecule has 2 rings (SSSR count). The lowest BCUT2D eigenvalue weighted by molar-refractivity contribution is 0.0951. The van der Waals surface area contributed by atoms with Crippen molar-refractivity contribution in [2.45, 2.75) is 13.2 Å². The molecule has 1 N–H and O–H groups in total. The number of benzene rings is 1. The van der Waals surface area contributed by atoms with Crippen molar-refractivity contribution in [2.75, 3.05) is 7.11 Å². The van der Waals surface area contributed by atoms with Crippen molar-refractivity contribution in [3.8, 4) is 0 Å². The summed E-state index contributed by atoms with van der Waals surface area (Å²) in [7, 11) is 1.65. The predicted molar refractivity (Wildman–Crippen MR) is 77.6 cm³/mol. The van der Waals surface area contributed by atoms with Crippen molar-refractivity contribution in [1.29, 1.82) is 0 Å². The van der Waals surface area contributed by atoms with Gasteiger partial charge in [0.2, 0.25) is 0 Å². The minimum atomic E-state index is -0.213. The number of amides is 1. The van der Waals surface area contributed by atoms with Crippen LogP contribution in [0.5, 0.6) is 0 Å². The molecule has 0 unspecified atom stereocenters. The molecular weight excluding hydrogens is 276 g/mol. The second-order valence-electron chi connectivity index (χ2n) is 4.29. The Hall–Kier alpha value is -1.91. The molecule has 1 heterocycles. The van der Waals surface area contributed by atoms with Crippen LogP contribution in [0.25, 0.3) is 0 Å². The van der Waals surface area contributed by atoms with Gasteiger partial charge in [0.1, 0.15) is 0 Å². The molecule has 0 atom stereocenters. The molecule has 20 heavy (non-hydrogen) atoms. The van der Waals surface area contributed by atoms with Crippen molar-refractivity contribution in [3.63, 3.8) is 0 Å². The van der Waals surface area contributed by atoms with Crippen molar-refractivity contribution >= 4 is 17.5 Å². The number of hydrogen-bond acceptors (Lipinski definition) is 3. The Morgan fingerprint density at radius 3 is 2.90 bits per heavy atom. The lowest BCUT2D eigenvalue weighted by atomic mass is 10.1. The molecule has 1 aromatic heterocycles. The third-order valence-electron chi connectivity index (χ3n) is 2.77. The standard InChI is InChI=1S/C15H15ClN2O2/c1-20-10-12-4-2-3-11(7-12)8-18-15(19)13-5-6-17-9-14(13)16/h2-7,9H,8,10H2,1H3,(H,18,19). The maximum atomic E-state index is 12.0. The van der Waals surface area contributed by atoms with Gasteiger partial charge < -0.3 is 10.1 Å². The molecule has 0 fully saturated rings. The predicted octanol–water partition coefficient (Wildman–Crippen LogP) is 2.81. The molecule has 0 saturated heterocycles. The molecule has 0 aliphatic rings. The maximum Gasteiger partial charge on any atom is 0.253 e. The van der Waals surface area contributed by atoms with Gasteiger partial charge >= 0.3 is 0 Å². The van der Waals surface area contributed by atoms with Crippen molar-refractivity contribution in [3.05, 3.63) is 64.4 Å². The van der Waals surface area contributed by atoms with E-state index in [0.717, 1.165) is 11.1 Å². The van der Waals surface area contributed by atoms with Crippen LogP contribution < -0.4 is 5.32 Å². The minimum Gasteiger partial charge on any atom is -0.380 e. The van der Waals surface area contributed by atoms with Crippen LogP contribution in [0.15, 0.2) is 42.7 Å². The normalized spacial score (nSPS) is 10.3. The number of nitrogens with one attached hydrogen (secondary N) is 1. The topological polar surface area (TPSA) is 51.2 Å². The van der Waals surface area contributed by atoms with E-state index in [0.29, 0.717) is 23.7 Å². The monoisotopic (exact) mass is 290 g/mol. The fourth-order valence-electron chi connectivity index (χ4n) is 1.83. The number of methoxy groups -OCH3 is 1. The van der Waals surface area contributed by atoms with E-state index >= 15 is 0 Å². The Morgan fingerprint density at radius 1 is 1.35 bits per heavy atom. The fourth-order valence-corrected chi connectivity index (χ4v) is 2.04. The smallest absolute Gasteiger partial charge is 0.253 e. The molecule has 2 aromatic rings. The Morgan fingerprint density at radius 2 is 2.15 bits per heavy atom. The van der Waals surface area contributed by atoms with Crippen LogP contribution in [0.4, 0.5) is 0 Å². The molecule has 0 bridgehead atoms. The number of aromatic nitrogens is 1. The number of ether oxygens (including phenoxy) is 1. The third-order valence-corrected chi connectivity index (χ3v) is 3.07. The molecule has 1 aromatic carbocycles. The molecule has 0 radical (unpaired) electrons. The fraction of sp³-hybridized carbons (Fsp3) is 0.200. The highest BCUT2D eigenvalue weighted by Gasteiger charge is 2.09. The largest absolute Gasteiger partial charge is 0.380 e. The second-order valence-corrected chi connectivity index (χ2v) is 4.70. The Labute approximate surface area is 122 Å². The van der Waals surface area contributed by atoms with Gasteiger partial charge in [0.25, 0.3) is 5.91 Å². The van der Waals surface area contributed by atoms with Gasteiger partial charge in [-0.1, -0.05) is 35.9 Å². The average Bonchev–Trinajstić information content (AvgIpc) is 2.46. The SMILES string of the molecule is COCc1cccc(CNC(=O)c2ccncc2Cl)c1. The molecule has 0 aliphatic heterocycles. The summed E-state index contributed by atoms with van der Waals surface area (Å²) < 4.78 is 5.08. The van der Waals surface area contributed by atoms with E-state index < -0.39 is 0 Å². The average molecular weight is 291 g/mol. The maximum absolute atomic E-state index is 12.0. The summed E-state index contributed by atoms with van der Waals surface area (Å²) in [5.41, 5.74) is 2.51. The van der Waals surface area contributed by atoms with Crippen molar-refractivity contribution in [2.24, 2.45) is 0 Å². The van der Waals surface area contributed by atoms with Crippen LogP contribution in [-0.2, 0) is 17.9 Å². The first-order valence-electron chi connectivity index (χ1n) is 6.15. The summed E-state index contributed by atoms with van der Waals surface area (Å²) in [5.74, 6) is -0.213. The minimum absolute atomic E-state index is 0.213. The first-order valence-corrected chi connectivity index (χ1v) is 6.53. The van der Waals surface area contributed by atoms with Crippen LogP contribution in [-0.4, -0.2) is 18.0 Å². The van der Waals surface area contributed by atoms with Gasteiger partial charge in [0, 0.05) is 26.0 Å². The summed E-state index contributed by atoms with van der Waals surface area (Å²) in [4.78, 5) is 15.9. The molecule has 0 saturated carbocycles. The van der Waals surface area contributed by atoms with Crippen molar-refractivity contribution in [1.82, 2.24) is 10.3 Å². The molecule has 104 valence electrons. The van der Waals surface area contributed by atoms with E-state index in [2.05, 4.69) is 10.3 Å². The van der Waals surface area contributed by atoms with E-state index in [1.54, 1.807) is 19.4 Å². The third kappa shape index (κ3) is 3.79. The van der Waals surface area contributed by atoms with Gasteiger partial charge in [-0.05, 0) is 17.2 Å². The number of rotatable bonds is 5. The highest BCUT2D eigenvalue weighted by atomic mass is 35.5. The first kappa shape index (κ1) is 14.5. The zero-order chi connectivity index (χ0) is 14.4. The van der Waals surface area contributed by atoms with E-state index in [1.165, 1.54) is 6.20 Å². The van der Waals surface area contributed by atoms with E-state index in [9.17, 15) is 4.79 Å². The summed E-state index contributed by atoms with van der Waals surface area (Å²) in [5, 5.41) is 3.18. The molecule has 4 nitrogen and oxygen atoms in total. The molecular formula is C15H15ClN2O2. The summed E-state index contributed by atoms with van der Waals surface area (Å²) >= 11 is 5.93. The lowest BCUT2D eigenvalue weighted by Crippen LogP contribution is -2.23. The summed E-state index contributed by atoms with van der Waals surface area (Å²) in [6, 6.07) is 9.47. The van der Waals surface area contributed by atoms with E-state index in [-0.39, 0.29) is 5.91 Å². The van der Waals surface area contributed by atoms with Crippen LogP contribution in [0.2, 0.25) is 5.02 Å². The summed E-state index contributed by atoms with van der Waals surface area (Å²) in [6.07, 6.45) is 3.00. The zero-order valence-electron chi connectivity index (χ0n) is 11.1. The molecule has 5 heteroatoms. The van der Waals surface area contributed by atoms with E-state index in [4.69, 9.17) is 16.3 Å². The van der Waals surface area contributed by atoms with Crippen LogP contribution in [0, 0.1) is 0 Å². The lowest BCUT2D eigenvalue weighted by Gasteiger charge is -2.08. The van der Waals surface area contributed by atoms with Gasteiger partial charge in [-0.3, -0.25) is 9.78 Å². The number of halogens is 1.